The van der Waals surface area contributed by atoms with Crippen LogP contribution in [-0.2, 0) is 20.8 Å². The first kappa shape index (κ1) is 27.6. The van der Waals surface area contributed by atoms with Gasteiger partial charge in [0.05, 0.1) is 24.7 Å². The number of para-hydroxylation sites is 1. The van der Waals surface area contributed by atoms with Crippen LogP contribution in [0.3, 0.4) is 0 Å². The van der Waals surface area contributed by atoms with Gasteiger partial charge in [-0.25, -0.2) is 4.39 Å². The first-order valence-electron chi connectivity index (χ1n) is 12.0. The van der Waals surface area contributed by atoms with E-state index in [4.69, 9.17) is 4.74 Å². The summed E-state index contributed by atoms with van der Waals surface area (Å²) >= 11 is 0. The van der Waals surface area contributed by atoms with Crippen molar-refractivity contribution in [3.05, 3.63) is 65.5 Å². The summed E-state index contributed by atoms with van der Waals surface area (Å²) in [6, 6.07) is 9.79. The molecule has 0 aliphatic carbocycles. The van der Waals surface area contributed by atoms with Gasteiger partial charge in [-0.2, -0.15) is 0 Å². The van der Waals surface area contributed by atoms with Gasteiger partial charge in [0, 0.05) is 13.1 Å². The van der Waals surface area contributed by atoms with Crippen LogP contribution in [0, 0.1) is 5.82 Å². The second-order valence-electron chi connectivity index (χ2n) is 8.67. The Hall–Kier alpha value is -3.99. The molecule has 0 radical (unpaired) electrons. The molecule has 0 aromatic heterocycles. The highest BCUT2D eigenvalue weighted by atomic mass is 19.1. The fourth-order valence-corrected chi connectivity index (χ4v) is 3.73. The Morgan fingerprint density at radius 1 is 1.14 bits per heavy atom. The third kappa shape index (κ3) is 8.28. The van der Waals surface area contributed by atoms with Crippen molar-refractivity contribution in [2.75, 3.05) is 19.7 Å². The summed E-state index contributed by atoms with van der Waals surface area (Å²) < 4.78 is 18.8. The van der Waals surface area contributed by atoms with E-state index in [1.54, 1.807) is 30.3 Å². The third-order valence-electron chi connectivity index (χ3n) is 5.73. The molecule has 3 atom stereocenters. The van der Waals surface area contributed by atoms with E-state index in [0.29, 0.717) is 18.6 Å². The SMILES string of the molecule is C[C@@H](O)[C@@H]1NC(=O)C[C@@H](C(=O)NCCc2ccc(F)cc2)NC(=O)c2ccccc2OCCCNC1=O. The number of hydrogen-bond donors (Lipinski definition) is 5. The van der Waals surface area contributed by atoms with Gasteiger partial charge in [-0.3, -0.25) is 19.2 Å². The van der Waals surface area contributed by atoms with Crippen molar-refractivity contribution < 1.29 is 33.4 Å². The van der Waals surface area contributed by atoms with Crippen LogP contribution in [0.4, 0.5) is 4.39 Å². The van der Waals surface area contributed by atoms with Gasteiger partial charge in [0.2, 0.25) is 17.7 Å². The molecule has 1 aliphatic heterocycles. The van der Waals surface area contributed by atoms with E-state index in [-0.39, 0.29) is 31.1 Å². The van der Waals surface area contributed by atoms with Gasteiger partial charge < -0.3 is 31.1 Å². The van der Waals surface area contributed by atoms with Gasteiger partial charge in [-0.1, -0.05) is 24.3 Å². The summed E-state index contributed by atoms with van der Waals surface area (Å²) in [7, 11) is 0. The Kier molecular flexibility index (Phi) is 9.96. The van der Waals surface area contributed by atoms with Gasteiger partial charge in [-0.15, -0.1) is 0 Å². The lowest BCUT2D eigenvalue weighted by Gasteiger charge is -2.23. The minimum absolute atomic E-state index is 0.177. The van der Waals surface area contributed by atoms with Gasteiger partial charge in [0.15, 0.2) is 0 Å². The first-order valence-corrected chi connectivity index (χ1v) is 12.0. The normalized spacial score (nSPS) is 20.0. The van der Waals surface area contributed by atoms with Gasteiger partial charge >= 0.3 is 0 Å². The number of rotatable bonds is 5. The molecular formula is C26H31FN4O6. The summed E-state index contributed by atoms with van der Waals surface area (Å²) in [6.07, 6.45) is -0.855. The number of ether oxygens (including phenoxy) is 1. The lowest BCUT2D eigenvalue weighted by Crippen LogP contribution is -2.55. The van der Waals surface area contributed by atoms with E-state index in [9.17, 15) is 28.7 Å². The van der Waals surface area contributed by atoms with E-state index >= 15 is 0 Å². The van der Waals surface area contributed by atoms with Gasteiger partial charge in [0.25, 0.3) is 5.91 Å². The first-order chi connectivity index (χ1) is 17.7. The smallest absolute Gasteiger partial charge is 0.255 e. The number of carbonyl (C=O) groups excluding carboxylic acids is 4. The molecule has 1 aliphatic rings. The standard InChI is InChI=1S/C26H31FN4O6/c1-16(32)23-26(36)28-12-4-14-37-21-6-3-2-5-19(21)24(34)30-20(15-22(33)31-23)25(35)29-13-11-17-7-9-18(27)10-8-17/h2-3,5-10,16,20,23,32H,4,11-15H2,1H3,(H,28,36)(H,29,35)(H,30,34)(H,31,33)/t16-,20+,23+/m1/s1. The topological polar surface area (TPSA) is 146 Å². The summed E-state index contributed by atoms with van der Waals surface area (Å²) in [4.78, 5) is 51.4. The molecule has 10 nitrogen and oxygen atoms in total. The average Bonchev–Trinajstić information content (AvgIpc) is 2.87. The molecule has 3 rings (SSSR count). The maximum Gasteiger partial charge on any atom is 0.255 e. The number of halogens is 1. The minimum atomic E-state index is -1.28. The highest BCUT2D eigenvalue weighted by Gasteiger charge is 2.30. The Balaban J connectivity index is 1.78. The van der Waals surface area contributed by atoms with Crippen LogP contribution in [0.2, 0.25) is 0 Å². The van der Waals surface area contributed by atoms with Crippen LogP contribution >= 0.6 is 0 Å². The zero-order valence-corrected chi connectivity index (χ0v) is 20.5. The fourth-order valence-electron chi connectivity index (χ4n) is 3.73. The van der Waals surface area contributed by atoms with E-state index in [1.807, 2.05) is 0 Å². The largest absolute Gasteiger partial charge is 0.493 e. The van der Waals surface area contributed by atoms with Crippen molar-refractivity contribution >= 4 is 23.6 Å². The molecule has 0 bridgehead atoms. The molecule has 11 heteroatoms. The fraction of sp³-hybridized carbons (Fsp3) is 0.385. The summed E-state index contributed by atoms with van der Waals surface area (Å²) in [6.45, 7) is 1.96. The highest BCUT2D eigenvalue weighted by molar-refractivity contribution is 6.01. The quantitative estimate of drug-likeness (QED) is 0.391. The summed E-state index contributed by atoms with van der Waals surface area (Å²) in [5, 5.41) is 20.4. The molecule has 2 aromatic rings. The van der Waals surface area contributed by atoms with Crippen molar-refractivity contribution in [2.24, 2.45) is 0 Å². The number of carbonyl (C=O) groups is 4. The molecular weight excluding hydrogens is 483 g/mol. The number of aliphatic hydroxyl groups excluding tert-OH is 1. The molecule has 0 spiro atoms. The van der Waals surface area contributed by atoms with Crippen LogP contribution < -0.4 is 26.0 Å². The molecule has 0 unspecified atom stereocenters. The maximum absolute atomic E-state index is 13.1. The van der Waals surface area contributed by atoms with Crippen LogP contribution in [0.5, 0.6) is 5.75 Å². The van der Waals surface area contributed by atoms with Crippen molar-refractivity contribution in [3.63, 3.8) is 0 Å². The number of nitrogens with one attached hydrogen (secondary N) is 4. The van der Waals surface area contributed by atoms with Crippen LogP contribution in [0.1, 0.15) is 35.7 Å². The van der Waals surface area contributed by atoms with Crippen LogP contribution in [0.25, 0.3) is 0 Å². The van der Waals surface area contributed by atoms with Crippen molar-refractivity contribution in [1.82, 2.24) is 21.3 Å². The highest BCUT2D eigenvalue weighted by Crippen LogP contribution is 2.18. The van der Waals surface area contributed by atoms with Crippen LogP contribution in [-0.4, -0.2) is 66.6 Å². The summed E-state index contributed by atoms with van der Waals surface area (Å²) in [5.74, 6) is -2.60. The summed E-state index contributed by atoms with van der Waals surface area (Å²) in [5.41, 5.74) is 0.982. The van der Waals surface area contributed by atoms with Crippen molar-refractivity contribution in [2.45, 2.75) is 44.4 Å². The Morgan fingerprint density at radius 3 is 2.59 bits per heavy atom. The Morgan fingerprint density at radius 2 is 1.86 bits per heavy atom. The molecule has 0 saturated carbocycles. The van der Waals surface area contributed by atoms with E-state index in [1.165, 1.54) is 25.1 Å². The lowest BCUT2D eigenvalue weighted by atomic mass is 10.1. The Labute approximate surface area is 214 Å². The van der Waals surface area contributed by atoms with E-state index < -0.39 is 48.2 Å². The number of benzene rings is 2. The third-order valence-corrected chi connectivity index (χ3v) is 5.73. The zero-order chi connectivity index (χ0) is 26.8. The Bertz CT molecular complexity index is 1110. The second kappa shape index (κ2) is 13.4. The molecule has 198 valence electrons. The zero-order valence-electron chi connectivity index (χ0n) is 20.5. The maximum atomic E-state index is 13.1. The lowest BCUT2D eigenvalue weighted by molar-refractivity contribution is -0.133. The van der Waals surface area contributed by atoms with Gasteiger partial charge in [-0.05, 0) is 49.6 Å². The molecule has 1 heterocycles. The number of aliphatic hydroxyl groups is 1. The van der Waals surface area contributed by atoms with Crippen molar-refractivity contribution in [1.29, 1.82) is 0 Å². The second-order valence-corrected chi connectivity index (χ2v) is 8.67. The number of hydrogen-bond acceptors (Lipinski definition) is 6. The average molecular weight is 515 g/mol. The predicted molar refractivity (Wildman–Crippen MR) is 132 cm³/mol. The predicted octanol–water partition coefficient (Wildman–Crippen LogP) is 0.437. The monoisotopic (exact) mass is 514 g/mol. The molecule has 37 heavy (non-hydrogen) atoms. The van der Waals surface area contributed by atoms with Gasteiger partial charge in [0.1, 0.15) is 23.7 Å². The molecule has 4 amide bonds. The molecule has 2 aromatic carbocycles. The van der Waals surface area contributed by atoms with Crippen LogP contribution in [0.15, 0.2) is 48.5 Å². The number of fused-ring (bicyclic) bond motifs is 1. The van der Waals surface area contributed by atoms with E-state index in [0.717, 1.165) is 5.56 Å². The van der Waals surface area contributed by atoms with E-state index in [2.05, 4.69) is 21.3 Å². The number of amides is 4. The minimum Gasteiger partial charge on any atom is -0.493 e. The molecule has 0 fully saturated rings. The van der Waals surface area contributed by atoms with Crippen molar-refractivity contribution in [3.8, 4) is 5.75 Å². The molecule has 0 saturated heterocycles. The molecule has 5 N–H and O–H groups in total.